The predicted molar refractivity (Wildman–Crippen MR) is 117 cm³/mol. The summed E-state index contributed by atoms with van der Waals surface area (Å²) >= 11 is 0. The van der Waals surface area contributed by atoms with E-state index >= 15 is 0 Å². The molecule has 0 spiro atoms. The summed E-state index contributed by atoms with van der Waals surface area (Å²) in [6.07, 6.45) is 3.27. The first-order valence-corrected chi connectivity index (χ1v) is 10.8. The molecule has 1 aliphatic heterocycles. The van der Waals surface area contributed by atoms with Gasteiger partial charge in [-0.15, -0.1) is 10.2 Å². The van der Waals surface area contributed by atoms with E-state index in [4.69, 9.17) is 4.74 Å². The fourth-order valence-electron chi connectivity index (χ4n) is 4.38. The van der Waals surface area contributed by atoms with Crippen LogP contribution in [0.15, 0.2) is 42.6 Å². The van der Waals surface area contributed by atoms with Crippen LogP contribution >= 0.6 is 0 Å². The smallest absolute Gasteiger partial charge is 0.263 e. The topological polar surface area (TPSA) is 59.7 Å². The number of ether oxygens (including phenoxy) is 1. The van der Waals surface area contributed by atoms with Crippen molar-refractivity contribution in [3.05, 3.63) is 59.5 Å². The minimum atomic E-state index is -0.500. The average Bonchev–Trinajstić information content (AvgIpc) is 3.17. The molecule has 6 heteroatoms. The summed E-state index contributed by atoms with van der Waals surface area (Å²) in [6.45, 7) is 9.72. The number of nitrogens with zero attached hydrogens (tertiary/aromatic N) is 4. The molecule has 1 saturated heterocycles. The van der Waals surface area contributed by atoms with Gasteiger partial charge in [0.25, 0.3) is 5.91 Å². The lowest BCUT2D eigenvalue weighted by Crippen LogP contribution is -2.44. The van der Waals surface area contributed by atoms with Gasteiger partial charge in [-0.05, 0) is 68.0 Å². The van der Waals surface area contributed by atoms with Crippen LogP contribution in [0.2, 0.25) is 0 Å². The van der Waals surface area contributed by atoms with Crippen molar-refractivity contribution >= 4 is 11.6 Å². The average molecular weight is 407 g/mol. The highest BCUT2D eigenvalue weighted by atomic mass is 16.5. The largest absolute Gasteiger partial charge is 0.481 e. The number of carbonyl (C=O) groups is 1. The molecule has 0 aliphatic carbocycles. The number of carbonyl (C=O) groups excluding carboxylic acids is 1. The molecule has 2 aromatic heterocycles. The van der Waals surface area contributed by atoms with Gasteiger partial charge in [0.2, 0.25) is 0 Å². The van der Waals surface area contributed by atoms with Crippen molar-refractivity contribution in [2.45, 2.75) is 58.5 Å². The third kappa shape index (κ3) is 4.04. The van der Waals surface area contributed by atoms with Gasteiger partial charge < -0.3 is 9.64 Å². The lowest BCUT2D eigenvalue weighted by atomic mass is 9.95. The summed E-state index contributed by atoms with van der Waals surface area (Å²) in [5, 5.41) is 8.65. The first kappa shape index (κ1) is 20.4. The van der Waals surface area contributed by atoms with Gasteiger partial charge in [0.1, 0.15) is 11.6 Å². The van der Waals surface area contributed by atoms with Crippen molar-refractivity contribution in [1.82, 2.24) is 19.5 Å². The summed E-state index contributed by atoms with van der Waals surface area (Å²) in [6, 6.07) is 12.0. The van der Waals surface area contributed by atoms with Crippen molar-refractivity contribution in [3.63, 3.8) is 0 Å². The van der Waals surface area contributed by atoms with Crippen LogP contribution in [-0.2, 0) is 4.79 Å². The highest BCUT2D eigenvalue weighted by Crippen LogP contribution is 2.28. The van der Waals surface area contributed by atoms with E-state index < -0.39 is 6.10 Å². The number of hydrogen-bond donors (Lipinski definition) is 0. The molecule has 158 valence electrons. The molecule has 1 aliphatic rings. The number of piperidine rings is 1. The summed E-state index contributed by atoms with van der Waals surface area (Å²) in [4.78, 5) is 14.9. The number of aryl methyl sites for hydroxylation is 1. The Morgan fingerprint density at radius 3 is 2.57 bits per heavy atom. The molecule has 6 nitrogen and oxygen atoms in total. The zero-order valence-electron chi connectivity index (χ0n) is 18.2. The fraction of sp³-hybridized carbons (Fsp3) is 0.458. The second-order valence-corrected chi connectivity index (χ2v) is 8.52. The Kier molecular flexibility index (Phi) is 5.75. The number of amides is 1. The molecule has 1 fully saturated rings. The molecule has 0 saturated carbocycles. The molecule has 1 atom stereocenters. The first-order chi connectivity index (χ1) is 14.4. The molecular weight excluding hydrogens is 376 g/mol. The minimum absolute atomic E-state index is 0.0464. The van der Waals surface area contributed by atoms with E-state index in [9.17, 15) is 4.79 Å². The first-order valence-electron chi connectivity index (χ1n) is 10.8. The maximum atomic E-state index is 12.9. The van der Waals surface area contributed by atoms with Gasteiger partial charge in [0, 0.05) is 25.2 Å². The Labute approximate surface area is 177 Å². The van der Waals surface area contributed by atoms with Crippen LogP contribution in [0.25, 0.3) is 5.65 Å². The van der Waals surface area contributed by atoms with Crippen LogP contribution < -0.4 is 4.74 Å². The van der Waals surface area contributed by atoms with Gasteiger partial charge in [-0.2, -0.15) is 0 Å². The van der Waals surface area contributed by atoms with Crippen LogP contribution in [0.3, 0.4) is 0 Å². The van der Waals surface area contributed by atoms with Gasteiger partial charge in [0.05, 0.1) is 0 Å². The summed E-state index contributed by atoms with van der Waals surface area (Å²) < 4.78 is 8.04. The zero-order valence-corrected chi connectivity index (χ0v) is 18.2. The number of likely N-dealkylation sites (tertiary alicyclic amines) is 1. The van der Waals surface area contributed by atoms with Gasteiger partial charge in [-0.25, -0.2) is 0 Å². The summed E-state index contributed by atoms with van der Waals surface area (Å²) in [5.41, 5.74) is 3.37. The van der Waals surface area contributed by atoms with E-state index in [0.29, 0.717) is 24.9 Å². The van der Waals surface area contributed by atoms with Crippen molar-refractivity contribution in [2.75, 3.05) is 13.1 Å². The van der Waals surface area contributed by atoms with E-state index in [-0.39, 0.29) is 5.91 Å². The molecule has 30 heavy (non-hydrogen) atoms. The Morgan fingerprint density at radius 2 is 1.87 bits per heavy atom. The van der Waals surface area contributed by atoms with Crippen molar-refractivity contribution in [3.8, 4) is 5.75 Å². The third-order valence-corrected chi connectivity index (χ3v) is 6.04. The normalized spacial score (nSPS) is 16.2. The molecule has 3 heterocycles. The van der Waals surface area contributed by atoms with Crippen molar-refractivity contribution in [2.24, 2.45) is 0 Å². The number of pyridine rings is 1. The van der Waals surface area contributed by atoms with Crippen LogP contribution in [0, 0.1) is 6.92 Å². The minimum Gasteiger partial charge on any atom is -0.481 e. The fourth-order valence-corrected chi connectivity index (χ4v) is 4.38. The Morgan fingerprint density at radius 1 is 1.10 bits per heavy atom. The standard InChI is InChI=1S/C24H30N4O2/c1-16(2)21-9-8-20(15-17(21)3)30-18(4)24(29)27-13-10-19(11-14-27)23-26-25-22-7-5-6-12-28(22)23/h5-9,12,15-16,18-19H,10-11,13-14H2,1-4H3/t18-/m0/s1. The molecule has 0 bridgehead atoms. The molecule has 4 rings (SSSR count). The lowest BCUT2D eigenvalue weighted by molar-refractivity contribution is -0.139. The number of hydrogen-bond acceptors (Lipinski definition) is 4. The Hall–Kier alpha value is -2.89. The molecule has 1 amide bonds. The maximum absolute atomic E-state index is 12.9. The maximum Gasteiger partial charge on any atom is 0.263 e. The van der Waals surface area contributed by atoms with E-state index in [0.717, 1.165) is 30.1 Å². The van der Waals surface area contributed by atoms with Crippen LogP contribution in [-0.4, -0.2) is 44.6 Å². The highest BCUT2D eigenvalue weighted by molar-refractivity contribution is 5.81. The lowest BCUT2D eigenvalue weighted by Gasteiger charge is -2.33. The van der Waals surface area contributed by atoms with Gasteiger partial charge in [-0.3, -0.25) is 9.20 Å². The van der Waals surface area contributed by atoms with E-state index in [1.54, 1.807) is 0 Å². The van der Waals surface area contributed by atoms with E-state index in [2.05, 4.69) is 41.4 Å². The summed E-state index contributed by atoms with van der Waals surface area (Å²) in [5.74, 6) is 2.58. The highest BCUT2D eigenvalue weighted by Gasteiger charge is 2.29. The van der Waals surface area contributed by atoms with E-state index in [1.165, 1.54) is 11.1 Å². The molecule has 0 N–H and O–H groups in total. The molecule has 3 aromatic rings. The zero-order chi connectivity index (χ0) is 21.3. The van der Waals surface area contributed by atoms with Gasteiger partial charge in [-0.1, -0.05) is 26.0 Å². The van der Waals surface area contributed by atoms with Crippen LogP contribution in [0.5, 0.6) is 5.75 Å². The molecule has 1 aromatic carbocycles. The van der Waals surface area contributed by atoms with Crippen molar-refractivity contribution in [1.29, 1.82) is 0 Å². The van der Waals surface area contributed by atoms with E-state index in [1.807, 2.05) is 48.4 Å². The van der Waals surface area contributed by atoms with Crippen molar-refractivity contribution < 1.29 is 9.53 Å². The second-order valence-electron chi connectivity index (χ2n) is 8.52. The number of fused-ring (bicyclic) bond motifs is 1. The summed E-state index contributed by atoms with van der Waals surface area (Å²) in [7, 11) is 0. The van der Waals surface area contributed by atoms with Gasteiger partial charge >= 0.3 is 0 Å². The number of aromatic nitrogens is 3. The Bertz CT molecular complexity index is 1030. The third-order valence-electron chi connectivity index (χ3n) is 6.04. The van der Waals surface area contributed by atoms with Crippen LogP contribution in [0.1, 0.15) is 62.4 Å². The Balaban J connectivity index is 1.36. The quantitative estimate of drug-likeness (QED) is 0.633. The van der Waals surface area contributed by atoms with Crippen LogP contribution in [0.4, 0.5) is 0 Å². The predicted octanol–water partition coefficient (Wildman–Crippen LogP) is 4.33. The molecule has 0 unspecified atom stereocenters. The monoisotopic (exact) mass is 406 g/mol. The second kappa shape index (κ2) is 8.46. The molecular formula is C24H30N4O2. The SMILES string of the molecule is Cc1cc(O[C@@H](C)C(=O)N2CCC(c3nnc4ccccn34)CC2)ccc1C(C)C. The number of rotatable bonds is 5. The number of benzene rings is 1. The molecule has 0 radical (unpaired) electrons. The van der Waals surface area contributed by atoms with Gasteiger partial charge in [0.15, 0.2) is 11.8 Å².